The number of benzene rings is 2. The summed E-state index contributed by atoms with van der Waals surface area (Å²) in [5.74, 6) is 2.65. The highest BCUT2D eigenvalue weighted by Gasteiger charge is 2.76. The van der Waals surface area contributed by atoms with Crippen LogP contribution in [0.5, 0.6) is 5.75 Å². The zero-order valence-electron chi connectivity index (χ0n) is 22.6. The number of phenolic OH excluding ortho intramolecular Hbond substituents is 1. The molecule has 196 valence electrons. The number of aromatic nitrogens is 2. The summed E-state index contributed by atoms with van der Waals surface area (Å²) in [6.07, 6.45) is 7.26. The number of hydrogen-bond acceptors (Lipinski definition) is 5. The molecule has 3 aromatic rings. The molecule has 2 saturated heterocycles. The molecule has 0 radical (unpaired) electrons. The Hall–Kier alpha value is -2.92. The van der Waals surface area contributed by atoms with Gasteiger partial charge >= 0.3 is 0 Å². The lowest BCUT2D eigenvalue weighted by atomic mass is 9.43. The van der Waals surface area contributed by atoms with E-state index >= 15 is 0 Å². The number of fused-ring (bicyclic) bond motifs is 1. The smallest absolute Gasteiger partial charge is 0.226 e. The monoisotopic (exact) mass is 506 g/mol. The minimum absolute atomic E-state index is 0.147. The lowest BCUT2D eigenvalue weighted by molar-refractivity contribution is -0.0904. The molecule has 5 aliphatic rings. The molecule has 3 heterocycles. The summed E-state index contributed by atoms with van der Waals surface area (Å²) >= 11 is 0. The Morgan fingerprint density at radius 1 is 1.00 bits per heavy atom. The maximum absolute atomic E-state index is 10.7. The van der Waals surface area contributed by atoms with Crippen molar-refractivity contribution in [2.24, 2.45) is 17.3 Å². The molecule has 3 aliphatic carbocycles. The lowest BCUT2D eigenvalue weighted by Crippen LogP contribution is -2.69. The number of anilines is 1. The van der Waals surface area contributed by atoms with E-state index in [1.54, 1.807) is 0 Å². The van der Waals surface area contributed by atoms with Gasteiger partial charge in [0.2, 0.25) is 5.95 Å². The van der Waals surface area contributed by atoms with Gasteiger partial charge in [0, 0.05) is 42.0 Å². The fraction of sp³-hybridized carbons (Fsp3) is 0.515. The first-order chi connectivity index (χ1) is 18.5. The van der Waals surface area contributed by atoms with Crippen LogP contribution in [0.1, 0.15) is 53.8 Å². The van der Waals surface area contributed by atoms with E-state index in [-0.39, 0.29) is 5.41 Å². The molecule has 1 N–H and O–H groups in total. The van der Waals surface area contributed by atoms with Crippen LogP contribution in [-0.2, 0) is 18.3 Å². The molecule has 8 rings (SSSR count). The summed E-state index contributed by atoms with van der Waals surface area (Å²) in [4.78, 5) is 15.3. The van der Waals surface area contributed by atoms with Crippen LogP contribution in [0.15, 0.2) is 54.6 Å². The number of likely N-dealkylation sites (tertiary alicyclic amines) is 1. The molecule has 5 nitrogen and oxygen atoms in total. The fourth-order valence-electron chi connectivity index (χ4n) is 10.3. The first-order valence-corrected chi connectivity index (χ1v) is 14.7. The van der Waals surface area contributed by atoms with Crippen LogP contribution in [0.3, 0.4) is 0 Å². The second-order valence-electron chi connectivity index (χ2n) is 12.9. The van der Waals surface area contributed by atoms with Crippen molar-refractivity contribution in [2.45, 2.75) is 69.9 Å². The number of phenols is 1. The molecule has 2 aromatic carbocycles. The largest absolute Gasteiger partial charge is 0.508 e. The summed E-state index contributed by atoms with van der Waals surface area (Å²) in [6, 6.07) is 20.5. The maximum atomic E-state index is 10.7. The average molecular weight is 507 g/mol. The van der Waals surface area contributed by atoms with Gasteiger partial charge < -0.3 is 10.0 Å². The normalized spacial score (nSPS) is 34.7. The minimum Gasteiger partial charge on any atom is -0.508 e. The van der Waals surface area contributed by atoms with Gasteiger partial charge in [0.25, 0.3) is 0 Å². The van der Waals surface area contributed by atoms with Gasteiger partial charge in [-0.1, -0.05) is 36.4 Å². The van der Waals surface area contributed by atoms with E-state index < -0.39 is 0 Å². The van der Waals surface area contributed by atoms with Gasteiger partial charge in [-0.05, 0) is 111 Å². The second kappa shape index (κ2) is 8.05. The number of aryl methyl sites for hydroxylation is 2. The Morgan fingerprint density at radius 3 is 2.63 bits per heavy atom. The third-order valence-corrected chi connectivity index (χ3v) is 11.3. The van der Waals surface area contributed by atoms with E-state index in [2.05, 4.69) is 72.2 Å². The molecule has 6 atom stereocenters. The molecule has 2 aliphatic heterocycles. The van der Waals surface area contributed by atoms with Gasteiger partial charge in [0.15, 0.2) is 0 Å². The highest BCUT2D eigenvalue weighted by Crippen LogP contribution is 2.75. The van der Waals surface area contributed by atoms with E-state index in [9.17, 15) is 5.11 Å². The molecule has 38 heavy (non-hydrogen) atoms. The zero-order chi connectivity index (χ0) is 25.6. The number of nitrogens with zero attached hydrogens (tertiary/aromatic N) is 4. The Bertz CT molecular complexity index is 1390. The van der Waals surface area contributed by atoms with Gasteiger partial charge in [-0.15, -0.1) is 0 Å². The summed E-state index contributed by atoms with van der Waals surface area (Å²) in [5.41, 5.74) is 6.99. The van der Waals surface area contributed by atoms with Gasteiger partial charge in [-0.25, -0.2) is 9.97 Å². The Labute approximate surface area is 225 Å². The molecule has 0 spiro atoms. The van der Waals surface area contributed by atoms with E-state index in [1.165, 1.54) is 42.4 Å². The lowest BCUT2D eigenvalue weighted by Gasteiger charge is -2.66. The third-order valence-electron chi connectivity index (χ3n) is 11.3. The van der Waals surface area contributed by atoms with E-state index in [0.29, 0.717) is 35.1 Å². The van der Waals surface area contributed by atoms with Crippen LogP contribution < -0.4 is 4.90 Å². The highest BCUT2D eigenvalue weighted by molar-refractivity contribution is 5.53. The van der Waals surface area contributed by atoms with Crippen molar-refractivity contribution in [3.63, 3.8) is 0 Å². The molecule has 0 amide bonds. The predicted octanol–water partition coefficient (Wildman–Crippen LogP) is 5.22. The molecule has 1 aromatic heterocycles. The number of rotatable bonds is 4. The van der Waals surface area contributed by atoms with Crippen molar-refractivity contribution in [1.82, 2.24) is 14.9 Å². The van der Waals surface area contributed by atoms with E-state index in [1.807, 2.05) is 6.07 Å². The van der Waals surface area contributed by atoms with Crippen LogP contribution in [-0.4, -0.2) is 51.7 Å². The average Bonchev–Trinajstić information content (AvgIpc) is 3.35. The molecular formula is C33H38N4O. The number of hydrogen-bond donors (Lipinski definition) is 1. The first-order valence-electron chi connectivity index (χ1n) is 14.7. The highest BCUT2D eigenvalue weighted by atomic mass is 16.3. The molecule has 2 saturated carbocycles. The van der Waals surface area contributed by atoms with Crippen molar-refractivity contribution in [3.05, 3.63) is 82.7 Å². The first kappa shape index (κ1) is 23.0. The molecular weight excluding hydrogens is 468 g/mol. The van der Waals surface area contributed by atoms with Crippen LogP contribution >= 0.6 is 0 Å². The molecule has 4 fully saturated rings. The topological polar surface area (TPSA) is 52.5 Å². The standard InChI is InChI=1S/C33H38N4O/c1-21-16-22(2)35-31(34-21)37-20-25-19-32-12-10-28(37)30(25)33(32)13-15-36(14-11-23-6-4-3-5-7-23)29(32)17-24-8-9-26(38)18-27(24)33/h3-9,16,18,25,28-30,38H,10-15,17,19-20H2,1-2H3/t25-,28?,29-,30?,32-,33+/m1/s1. The van der Waals surface area contributed by atoms with Gasteiger partial charge in [-0.3, -0.25) is 4.90 Å². The molecule has 5 heteroatoms. The summed E-state index contributed by atoms with van der Waals surface area (Å²) in [5, 5.41) is 10.7. The zero-order valence-corrected chi connectivity index (χ0v) is 22.6. The van der Waals surface area contributed by atoms with Crippen LogP contribution in [0.4, 0.5) is 5.95 Å². The Balaban J connectivity index is 1.21. The van der Waals surface area contributed by atoms with Crippen LogP contribution in [0.2, 0.25) is 0 Å². The number of aromatic hydroxyl groups is 1. The number of piperidine rings is 1. The molecule has 2 unspecified atom stereocenters. The minimum atomic E-state index is 0.147. The van der Waals surface area contributed by atoms with Gasteiger partial charge in [0.1, 0.15) is 5.75 Å². The quantitative estimate of drug-likeness (QED) is 0.526. The summed E-state index contributed by atoms with van der Waals surface area (Å²) in [7, 11) is 0. The predicted molar refractivity (Wildman–Crippen MR) is 150 cm³/mol. The Morgan fingerprint density at radius 2 is 1.82 bits per heavy atom. The van der Waals surface area contributed by atoms with Crippen molar-refractivity contribution >= 4 is 5.95 Å². The second-order valence-corrected chi connectivity index (χ2v) is 12.9. The van der Waals surface area contributed by atoms with Crippen LogP contribution in [0, 0.1) is 31.1 Å². The van der Waals surface area contributed by atoms with E-state index in [0.717, 1.165) is 49.8 Å². The third kappa shape index (κ3) is 2.97. The van der Waals surface area contributed by atoms with Gasteiger partial charge in [-0.2, -0.15) is 0 Å². The summed E-state index contributed by atoms with van der Waals surface area (Å²) < 4.78 is 0. The maximum Gasteiger partial charge on any atom is 0.226 e. The van der Waals surface area contributed by atoms with Crippen molar-refractivity contribution < 1.29 is 5.11 Å². The van der Waals surface area contributed by atoms with Crippen molar-refractivity contribution in [2.75, 3.05) is 24.5 Å². The van der Waals surface area contributed by atoms with E-state index in [4.69, 9.17) is 9.97 Å². The van der Waals surface area contributed by atoms with Gasteiger partial charge in [0.05, 0.1) is 0 Å². The Kier molecular flexibility index (Phi) is 4.87. The SMILES string of the molecule is Cc1cc(C)nc(N2C[C@H]3C[C@@]45CCC2C3[C@@]42CCN(CCc3ccccc3)[C@@H]5Cc3ccc(O)cc32)n1. The van der Waals surface area contributed by atoms with Crippen LogP contribution in [0.25, 0.3) is 0 Å². The fourth-order valence-corrected chi connectivity index (χ4v) is 10.3. The molecule has 4 bridgehead atoms. The summed E-state index contributed by atoms with van der Waals surface area (Å²) in [6.45, 7) is 7.56. The van der Waals surface area contributed by atoms with Crippen molar-refractivity contribution in [1.29, 1.82) is 0 Å². The van der Waals surface area contributed by atoms with Crippen molar-refractivity contribution in [3.8, 4) is 5.75 Å².